The second kappa shape index (κ2) is 2.56. The highest BCUT2D eigenvalue weighted by molar-refractivity contribution is 5.28. The van der Waals surface area contributed by atoms with E-state index in [1.54, 1.807) is 0 Å². The molecule has 0 radical (unpaired) electrons. The molecule has 0 bridgehead atoms. The Hall–Kier alpha value is -0.890. The minimum atomic E-state index is 0.0504. The monoisotopic (exact) mass is 162 g/mol. The van der Waals surface area contributed by atoms with Gasteiger partial charge in [0.2, 0.25) is 0 Å². The highest BCUT2D eigenvalue weighted by Gasteiger charge is 2.27. The molecule has 64 valence electrons. The van der Waals surface area contributed by atoms with Crippen LogP contribution in [0.1, 0.15) is 25.1 Å². The summed E-state index contributed by atoms with van der Waals surface area (Å²) in [5.41, 5.74) is 2.65. The van der Waals surface area contributed by atoms with Crippen LogP contribution < -0.4 is 5.32 Å². The lowest BCUT2D eigenvalue weighted by molar-refractivity contribution is 0.370. The first-order chi connectivity index (χ1) is 5.70. The first kappa shape index (κ1) is 7.74. The van der Waals surface area contributed by atoms with Crippen LogP contribution in [0.15, 0.2) is 18.3 Å². The van der Waals surface area contributed by atoms with Gasteiger partial charge in [-0.2, -0.15) is 0 Å². The Bertz CT molecular complexity index is 292. The topological polar surface area (TPSA) is 24.9 Å². The summed E-state index contributed by atoms with van der Waals surface area (Å²) in [5, 5.41) is 3.45. The van der Waals surface area contributed by atoms with E-state index in [4.69, 9.17) is 0 Å². The Morgan fingerprint density at radius 2 is 2.33 bits per heavy atom. The lowest BCUT2D eigenvalue weighted by Crippen LogP contribution is -2.43. The molecule has 2 heterocycles. The van der Waals surface area contributed by atoms with Gasteiger partial charge in [-0.1, -0.05) is 6.07 Å². The van der Waals surface area contributed by atoms with E-state index in [0.717, 1.165) is 13.0 Å². The fraction of sp³-hybridized carbons (Fsp3) is 0.500. The third kappa shape index (κ3) is 1.12. The minimum Gasteiger partial charge on any atom is -0.306 e. The molecule has 1 aromatic heterocycles. The van der Waals surface area contributed by atoms with Gasteiger partial charge >= 0.3 is 0 Å². The van der Waals surface area contributed by atoms with Gasteiger partial charge in [-0.15, -0.1) is 0 Å². The second-order valence-corrected chi connectivity index (χ2v) is 3.81. The Kier molecular flexibility index (Phi) is 1.65. The number of hydrogen-bond acceptors (Lipinski definition) is 2. The van der Waals surface area contributed by atoms with Crippen molar-refractivity contribution in [3.05, 3.63) is 29.6 Å². The van der Waals surface area contributed by atoms with Crippen molar-refractivity contribution in [2.75, 3.05) is 6.54 Å². The Labute approximate surface area is 73.0 Å². The van der Waals surface area contributed by atoms with Crippen LogP contribution in [0.3, 0.4) is 0 Å². The van der Waals surface area contributed by atoms with Gasteiger partial charge in [0.1, 0.15) is 0 Å². The molecular weight excluding hydrogens is 148 g/mol. The number of hydrogen-bond donors (Lipinski definition) is 1. The van der Waals surface area contributed by atoms with Gasteiger partial charge in [-0.25, -0.2) is 0 Å². The molecule has 0 unspecified atom stereocenters. The summed E-state index contributed by atoms with van der Waals surface area (Å²) in [4.78, 5) is 4.41. The first-order valence-electron chi connectivity index (χ1n) is 4.39. The van der Waals surface area contributed by atoms with E-state index >= 15 is 0 Å². The van der Waals surface area contributed by atoms with Gasteiger partial charge in [0.15, 0.2) is 0 Å². The van der Waals surface area contributed by atoms with Crippen LogP contribution in [-0.2, 0) is 12.0 Å². The molecule has 0 aliphatic carbocycles. The molecule has 1 aliphatic heterocycles. The second-order valence-electron chi connectivity index (χ2n) is 3.81. The van der Waals surface area contributed by atoms with Crippen molar-refractivity contribution >= 4 is 0 Å². The molecule has 0 aromatic carbocycles. The van der Waals surface area contributed by atoms with Crippen molar-refractivity contribution in [2.45, 2.75) is 25.8 Å². The predicted molar refractivity (Wildman–Crippen MR) is 49.0 cm³/mol. The number of nitrogens with zero attached hydrogens (tertiary/aromatic N) is 1. The van der Waals surface area contributed by atoms with Crippen molar-refractivity contribution in [1.29, 1.82) is 0 Å². The Morgan fingerprint density at radius 3 is 3.08 bits per heavy atom. The van der Waals surface area contributed by atoms with Crippen LogP contribution in [0.5, 0.6) is 0 Å². The van der Waals surface area contributed by atoms with E-state index in [1.165, 1.54) is 11.3 Å². The maximum absolute atomic E-state index is 4.41. The largest absolute Gasteiger partial charge is 0.306 e. The molecule has 2 nitrogen and oxygen atoms in total. The summed E-state index contributed by atoms with van der Waals surface area (Å²) in [6, 6.07) is 4.19. The number of fused-ring (bicyclic) bond motifs is 1. The molecule has 0 saturated carbocycles. The molecule has 1 N–H and O–H groups in total. The average Bonchev–Trinajstić information content (AvgIpc) is 2.04. The zero-order valence-electron chi connectivity index (χ0n) is 7.59. The Balaban J connectivity index is 2.52. The van der Waals surface area contributed by atoms with Gasteiger partial charge in [0.25, 0.3) is 0 Å². The summed E-state index contributed by atoms with van der Waals surface area (Å²) in [5.74, 6) is 0. The fourth-order valence-electron chi connectivity index (χ4n) is 1.80. The lowest BCUT2D eigenvalue weighted by atomic mass is 9.90. The maximum atomic E-state index is 4.41. The van der Waals surface area contributed by atoms with Gasteiger partial charge < -0.3 is 5.32 Å². The molecule has 0 fully saturated rings. The predicted octanol–water partition coefficient (Wildman–Crippen LogP) is 1.46. The third-order valence-corrected chi connectivity index (χ3v) is 2.44. The maximum Gasteiger partial charge on any atom is 0.0631 e. The molecule has 0 saturated heterocycles. The van der Waals surface area contributed by atoms with Crippen molar-refractivity contribution < 1.29 is 0 Å². The standard InChI is InChI=1S/C10H14N2/c1-10(2)9-8(5-7-12-10)4-3-6-11-9/h3-4,6,12H,5,7H2,1-2H3. The van der Waals surface area contributed by atoms with Crippen LogP contribution in [0.4, 0.5) is 0 Å². The highest BCUT2D eigenvalue weighted by Crippen LogP contribution is 2.24. The number of rotatable bonds is 0. The van der Waals surface area contributed by atoms with Crippen LogP contribution in [0.2, 0.25) is 0 Å². The van der Waals surface area contributed by atoms with E-state index in [0.29, 0.717) is 0 Å². The highest BCUT2D eigenvalue weighted by atomic mass is 15.0. The Morgan fingerprint density at radius 1 is 1.50 bits per heavy atom. The van der Waals surface area contributed by atoms with Gasteiger partial charge in [0.05, 0.1) is 11.2 Å². The van der Waals surface area contributed by atoms with Crippen molar-refractivity contribution in [1.82, 2.24) is 10.3 Å². The number of nitrogens with one attached hydrogen (secondary N) is 1. The number of pyridine rings is 1. The molecule has 1 aliphatic rings. The molecule has 1 aromatic rings. The van der Waals surface area contributed by atoms with Crippen LogP contribution in [0, 0.1) is 0 Å². The van der Waals surface area contributed by atoms with Gasteiger partial charge in [-0.3, -0.25) is 4.98 Å². The fourth-order valence-corrected chi connectivity index (χ4v) is 1.80. The summed E-state index contributed by atoms with van der Waals surface area (Å²) < 4.78 is 0. The minimum absolute atomic E-state index is 0.0504. The zero-order chi connectivity index (χ0) is 8.60. The zero-order valence-corrected chi connectivity index (χ0v) is 7.59. The number of aromatic nitrogens is 1. The molecular formula is C10H14N2. The smallest absolute Gasteiger partial charge is 0.0631 e. The van der Waals surface area contributed by atoms with Gasteiger partial charge in [0, 0.05) is 12.7 Å². The van der Waals surface area contributed by atoms with E-state index in [-0.39, 0.29) is 5.54 Å². The molecule has 0 atom stereocenters. The SMILES string of the molecule is CC1(C)NCCc2cccnc21. The summed E-state index contributed by atoms with van der Waals surface area (Å²) in [6.07, 6.45) is 2.97. The van der Waals surface area contributed by atoms with Crippen molar-refractivity contribution in [3.8, 4) is 0 Å². The molecule has 2 heteroatoms. The molecule has 2 rings (SSSR count). The lowest BCUT2D eigenvalue weighted by Gasteiger charge is -2.32. The van der Waals surface area contributed by atoms with E-state index in [9.17, 15) is 0 Å². The van der Waals surface area contributed by atoms with Crippen molar-refractivity contribution in [3.63, 3.8) is 0 Å². The quantitative estimate of drug-likeness (QED) is 0.624. The van der Waals surface area contributed by atoms with E-state index < -0.39 is 0 Å². The van der Waals surface area contributed by atoms with Gasteiger partial charge in [-0.05, 0) is 31.9 Å². The van der Waals surface area contributed by atoms with Crippen LogP contribution in [0.25, 0.3) is 0 Å². The van der Waals surface area contributed by atoms with Crippen LogP contribution >= 0.6 is 0 Å². The van der Waals surface area contributed by atoms with E-state index in [1.807, 2.05) is 12.3 Å². The van der Waals surface area contributed by atoms with E-state index in [2.05, 4.69) is 30.2 Å². The molecule has 12 heavy (non-hydrogen) atoms. The van der Waals surface area contributed by atoms with Crippen LogP contribution in [-0.4, -0.2) is 11.5 Å². The summed E-state index contributed by atoms with van der Waals surface area (Å²) >= 11 is 0. The molecule has 0 spiro atoms. The third-order valence-electron chi connectivity index (χ3n) is 2.44. The summed E-state index contributed by atoms with van der Waals surface area (Å²) in [6.45, 7) is 5.42. The average molecular weight is 162 g/mol. The first-order valence-corrected chi connectivity index (χ1v) is 4.39. The van der Waals surface area contributed by atoms with Crippen molar-refractivity contribution in [2.24, 2.45) is 0 Å². The normalized spacial score (nSPS) is 20.2. The summed E-state index contributed by atoms with van der Waals surface area (Å²) in [7, 11) is 0. The molecule has 0 amide bonds.